The highest BCUT2D eigenvalue weighted by Gasteiger charge is 2.50. The first-order chi connectivity index (χ1) is 9.71. The van der Waals surface area contributed by atoms with E-state index in [0.717, 1.165) is 7.55 Å². The van der Waals surface area contributed by atoms with Crippen LogP contribution in [0.15, 0.2) is 0 Å². The molecular weight excluding hydrogens is 315 g/mol. The van der Waals surface area contributed by atoms with Crippen molar-refractivity contribution in [2.24, 2.45) is 0 Å². The Bertz CT molecular complexity index is 336. The second-order valence-corrected chi connectivity index (χ2v) is 17.2. The van der Waals surface area contributed by atoms with Crippen molar-refractivity contribution in [3.8, 4) is 0 Å². The third kappa shape index (κ3) is 5.00. The van der Waals surface area contributed by atoms with Gasteiger partial charge in [0.05, 0.1) is 0 Å². The van der Waals surface area contributed by atoms with Crippen LogP contribution in [0.3, 0.4) is 0 Å². The van der Waals surface area contributed by atoms with Gasteiger partial charge >= 0.3 is 7.55 Å². The molecule has 0 aromatic rings. The molecule has 23 heavy (non-hydrogen) atoms. The van der Waals surface area contributed by atoms with Crippen molar-refractivity contribution in [2.75, 3.05) is 0 Å². The topological polar surface area (TPSA) is 24.1 Å². The van der Waals surface area contributed by atoms with Gasteiger partial charge in [0.15, 0.2) is 0 Å². The molecule has 2 N–H and O–H groups in total. The Morgan fingerprint density at radius 2 is 0.696 bits per heavy atom. The van der Waals surface area contributed by atoms with Gasteiger partial charge in [-0.25, -0.2) is 0 Å². The maximum atomic E-state index is 4.15. The Kier molecular flexibility index (Phi) is 7.24. The maximum absolute atomic E-state index is 4.15. The zero-order chi connectivity index (χ0) is 19.1. The Morgan fingerprint density at radius 1 is 0.522 bits per heavy atom. The third-order valence-corrected chi connectivity index (χ3v) is 9.47. The molecule has 0 aromatic carbocycles. The van der Waals surface area contributed by atoms with Gasteiger partial charge in [0, 0.05) is 20.6 Å². The van der Waals surface area contributed by atoms with Gasteiger partial charge in [0.25, 0.3) is 0 Å². The molecule has 7 heteroatoms. The second kappa shape index (κ2) is 6.94. The number of rotatable bonds is 4. The van der Waals surface area contributed by atoms with Crippen molar-refractivity contribution in [1.82, 2.24) is 10.00 Å². The molecule has 0 fully saturated rings. The van der Waals surface area contributed by atoms with E-state index < -0.39 is 14.6 Å². The van der Waals surface area contributed by atoms with Gasteiger partial charge in [-0.15, -0.1) is 0 Å². The van der Waals surface area contributed by atoms with Gasteiger partial charge in [-0.2, -0.15) is 0 Å². The normalized spacial score (nSPS) is 15.7. The number of nitrogens with one attached hydrogen (secondary N) is 2. The van der Waals surface area contributed by atoms with E-state index in [2.05, 4.69) is 93.1 Å². The van der Waals surface area contributed by atoms with Gasteiger partial charge in [0.1, 0.15) is 15.1 Å². The van der Waals surface area contributed by atoms with E-state index in [4.69, 9.17) is 0 Å². The molecule has 0 amide bonds. The Morgan fingerprint density at radius 3 is 0.826 bits per heavy atom. The summed E-state index contributed by atoms with van der Waals surface area (Å²) in [6.07, 6.45) is 0. The van der Waals surface area contributed by atoms with Gasteiger partial charge in [-0.1, -0.05) is 14.6 Å². The molecule has 0 unspecified atom stereocenters. The monoisotopic (exact) mass is 360 g/mol. The highest BCUT2D eigenvalue weighted by molar-refractivity contribution is 8.00. The molecule has 2 nitrogen and oxygen atoms in total. The SMILES string of the molecule is [BH3-][P+](NBN[P+]([BH3-])(C(C)(C)C)C(C)(C)C)(C(C)(C)C)C(C)(C)C. The molecule has 0 rings (SSSR count). The molecule has 0 aliphatic heterocycles. The van der Waals surface area contributed by atoms with E-state index >= 15 is 0 Å². The molecule has 0 radical (unpaired) electrons. The summed E-state index contributed by atoms with van der Waals surface area (Å²) in [5.41, 5.74) is 0. The van der Waals surface area contributed by atoms with Crippen LogP contribution >= 0.6 is 14.6 Å². The summed E-state index contributed by atoms with van der Waals surface area (Å²) < 4.78 is 0. The molecule has 0 aromatic heterocycles. The Labute approximate surface area is 151 Å². The van der Waals surface area contributed by atoms with Gasteiger partial charge in [0.2, 0.25) is 0 Å². The van der Waals surface area contributed by atoms with Crippen LogP contribution in [-0.4, -0.2) is 43.3 Å². The average molecular weight is 360 g/mol. The molecular formula is C16H45B3N2P2. The van der Waals surface area contributed by atoms with E-state index in [1.54, 1.807) is 0 Å². The molecule has 138 valence electrons. The number of hydrogen-bond acceptors (Lipinski definition) is 2. The predicted molar refractivity (Wildman–Crippen MR) is 126 cm³/mol. The Hall–Kier alpha value is 0.975. The van der Waals surface area contributed by atoms with E-state index in [-0.39, 0.29) is 15.1 Å². The average Bonchev–Trinajstić information content (AvgIpc) is 2.22. The molecule has 0 spiro atoms. The fourth-order valence-electron chi connectivity index (χ4n) is 3.15. The zero-order valence-corrected chi connectivity index (χ0v) is 18.4. The van der Waals surface area contributed by atoms with Gasteiger partial charge < -0.3 is 0 Å². The standard InChI is InChI=1S/C16H45B3N2P2/c1-13(2,3)22(17,14(4,5)6)20-19-21-23(18,15(7,8)9)16(10,11)12/h19-21H,1-12,17-18H3. The zero-order valence-electron chi connectivity index (χ0n) is 16.6. The third-order valence-electron chi connectivity index (χ3n) is 3.16. The van der Waals surface area contributed by atoms with Gasteiger partial charge in [-0.3, -0.25) is 10.00 Å². The molecule has 0 aliphatic carbocycles. The van der Waals surface area contributed by atoms with Crippen LogP contribution in [0.4, 0.5) is 0 Å². The molecule has 0 heterocycles. The van der Waals surface area contributed by atoms with Crippen LogP contribution in [-0.2, 0) is 0 Å². The lowest BCUT2D eigenvalue weighted by atomic mass is 10.2. The van der Waals surface area contributed by atoms with Crippen molar-refractivity contribution >= 4 is 37.3 Å². The van der Waals surface area contributed by atoms with Crippen molar-refractivity contribution in [3.63, 3.8) is 0 Å². The molecule has 0 aliphatic rings. The summed E-state index contributed by atoms with van der Waals surface area (Å²) >= 11 is 0. The largest absolute Gasteiger partial charge is 0.352 e. The first-order valence-corrected chi connectivity index (χ1v) is 10.7. The highest BCUT2D eigenvalue weighted by Crippen LogP contribution is 2.71. The summed E-state index contributed by atoms with van der Waals surface area (Å²) in [5.74, 6) is 0. The van der Waals surface area contributed by atoms with E-state index in [0.29, 0.717) is 20.6 Å². The molecule has 0 atom stereocenters. The van der Waals surface area contributed by atoms with Crippen LogP contribution in [0.25, 0.3) is 0 Å². The maximum Gasteiger partial charge on any atom is 0.352 e. The summed E-state index contributed by atoms with van der Waals surface area (Å²) in [5, 5.41) is 1.71. The second-order valence-electron chi connectivity index (χ2n) is 9.85. The van der Waals surface area contributed by atoms with E-state index in [9.17, 15) is 0 Å². The van der Waals surface area contributed by atoms with Crippen LogP contribution in [0.5, 0.6) is 0 Å². The summed E-state index contributed by atoms with van der Waals surface area (Å²) in [4.78, 5) is 8.31. The fraction of sp³-hybridized carbons (Fsp3) is 1.00. The summed E-state index contributed by atoms with van der Waals surface area (Å²) in [6.45, 7) is 29.6. The summed E-state index contributed by atoms with van der Waals surface area (Å²) in [7, 11) is -0.527. The number of hydrogen-bond donors (Lipinski definition) is 2. The lowest BCUT2D eigenvalue weighted by molar-refractivity contribution is 0.690. The quantitative estimate of drug-likeness (QED) is 0.595. The van der Waals surface area contributed by atoms with Gasteiger partial charge in [-0.05, 0) is 83.1 Å². The van der Waals surface area contributed by atoms with Crippen molar-refractivity contribution in [3.05, 3.63) is 0 Å². The van der Waals surface area contributed by atoms with Crippen molar-refractivity contribution in [1.29, 1.82) is 0 Å². The smallest absolute Gasteiger partial charge is 0.256 e. The molecule has 0 saturated carbocycles. The first kappa shape index (κ1) is 24.0. The minimum atomic E-state index is -1.04. The van der Waals surface area contributed by atoms with Crippen LogP contribution in [0.2, 0.25) is 0 Å². The lowest BCUT2D eigenvalue weighted by Gasteiger charge is -2.54. The minimum absolute atomic E-state index is 0.262. The predicted octanol–water partition coefficient (Wildman–Crippen LogP) is 3.05. The van der Waals surface area contributed by atoms with Crippen molar-refractivity contribution < 1.29 is 0 Å². The van der Waals surface area contributed by atoms with Crippen LogP contribution in [0.1, 0.15) is 83.1 Å². The minimum Gasteiger partial charge on any atom is -0.256 e. The fourth-order valence-corrected chi connectivity index (χ4v) is 9.68. The van der Waals surface area contributed by atoms with E-state index in [1.807, 2.05) is 0 Å². The lowest BCUT2D eigenvalue weighted by Crippen LogP contribution is -2.50. The van der Waals surface area contributed by atoms with Crippen LogP contribution < -0.4 is 10.00 Å². The van der Waals surface area contributed by atoms with Crippen molar-refractivity contribution in [2.45, 2.75) is 104 Å². The summed E-state index contributed by atoms with van der Waals surface area (Å²) in [6, 6.07) is 0. The molecule has 0 bridgehead atoms. The Balaban J connectivity index is 5.38. The van der Waals surface area contributed by atoms with E-state index in [1.165, 1.54) is 0 Å². The molecule has 0 saturated heterocycles. The highest BCUT2D eigenvalue weighted by atomic mass is 31.2. The van der Waals surface area contributed by atoms with Crippen LogP contribution in [0, 0.1) is 0 Å². The first-order valence-electron chi connectivity index (χ1n) is 8.05.